The van der Waals surface area contributed by atoms with Crippen LogP contribution in [0.1, 0.15) is 20.8 Å². The van der Waals surface area contributed by atoms with Crippen molar-refractivity contribution in [2.75, 3.05) is 26.4 Å². The van der Waals surface area contributed by atoms with Gasteiger partial charge in [0.2, 0.25) is 0 Å². The van der Waals surface area contributed by atoms with Crippen LogP contribution in [0.3, 0.4) is 0 Å². The molecule has 2 atom stereocenters. The Morgan fingerprint density at radius 2 is 1.90 bits per heavy atom. The van der Waals surface area contributed by atoms with E-state index in [0.717, 1.165) is 4.67 Å². The molecule has 0 bridgehead atoms. The first kappa shape index (κ1) is 22.6. The van der Waals surface area contributed by atoms with E-state index in [1.807, 2.05) is 0 Å². The SMILES string of the molecule is CC(C)(C)OC(=O)N(CCO)[PH](=O)OC[C@H](O)CO.[NaH]. The van der Waals surface area contributed by atoms with E-state index in [2.05, 4.69) is 0 Å². The summed E-state index contributed by atoms with van der Waals surface area (Å²) in [6.45, 7) is 3.42. The second-order valence-corrected chi connectivity index (χ2v) is 6.13. The summed E-state index contributed by atoms with van der Waals surface area (Å²) in [6, 6.07) is 0. The van der Waals surface area contributed by atoms with Crippen LogP contribution in [-0.4, -0.2) is 93.7 Å². The van der Waals surface area contributed by atoms with Gasteiger partial charge in [0.15, 0.2) is 0 Å². The molecule has 10 heteroatoms. The summed E-state index contributed by atoms with van der Waals surface area (Å²) < 4.78 is 22.3. The van der Waals surface area contributed by atoms with Gasteiger partial charge in [-0.3, -0.25) is 4.57 Å². The molecule has 20 heavy (non-hydrogen) atoms. The second kappa shape index (κ2) is 11.0. The molecule has 1 unspecified atom stereocenters. The van der Waals surface area contributed by atoms with Gasteiger partial charge in [0.1, 0.15) is 11.7 Å². The molecule has 1 amide bonds. The van der Waals surface area contributed by atoms with Gasteiger partial charge in [0.25, 0.3) is 8.18 Å². The van der Waals surface area contributed by atoms with Crippen molar-refractivity contribution >= 4 is 43.8 Å². The number of carbonyl (C=O) groups is 1. The van der Waals surface area contributed by atoms with Gasteiger partial charge in [0.05, 0.1) is 26.4 Å². The van der Waals surface area contributed by atoms with Crippen LogP contribution in [0.15, 0.2) is 0 Å². The van der Waals surface area contributed by atoms with E-state index in [4.69, 9.17) is 24.6 Å². The average Bonchev–Trinajstić information content (AvgIpc) is 2.30. The van der Waals surface area contributed by atoms with Crippen LogP contribution < -0.4 is 0 Å². The van der Waals surface area contributed by atoms with Crippen LogP contribution in [-0.2, 0) is 13.8 Å². The summed E-state index contributed by atoms with van der Waals surface area (Å²) in [5.74, 6) is 0. The average molecular weight is 323 g/mol. The zero-order chi connectivity index (χ0) is 15.1. The summed E-state index contributed by atoms with van der Waals surface area (Å²) in [4.78, 5) is 11.7. The van der Waals surface area contributed by atoms with Gasteiger partial charge in [-0.25, -0.2) is 9.46 Å². The van der Waals surface area contributed by atoms with E-state index in [-0.39, 0.29) is 42.7 Å². The molecule has 0 aliphatic carbocycles. The Morgan fingerprint density at radius 3 is 2.30 bits per heavy atom. The Balaban J connectivity index is 0. The summed E-state index contributed by atoms with van der Waals surface area (Å²) in [6.07, 6.45) is -2.05. The third kappa shape index (κ3) is 10.1. The number of ether oxygens (including phenoxy) is 1. The van der Waals surface area contributed by atoms with Crippen molar-refractivity contribution in [3.05, 3.63) is 0 Å². The maximum absolute atomic E-state index is 11.8. The van der Waals surface area contributed by atoms with Gasteiger partial charge in [0, 0.05) is 0 Å². The van der Waals surface area contributed by atoms with E-state index < -0.39 is 39.2 Å². The van der Waals surface area contributed by atoms with E-state index in [9.17, 15) is 9.36 Å². The van der Waals surface area contributed by atoms with Crippen molar-refractivity contribution in [1.82, 2.24) is 4.67 Å². The van der Waals surface area contributed by atoms with Crippen molar-refractivity contribution < 1.29 is 33.9 Å². The fourth-order valence-electron chi connectivity index (χ4n) is 0.972. The predicted octanol–water partition coefficient (Wildman–Crippen LogP) is -0.673. The Hall–Kier alpha value is 0.340. The Morgan fingerprint density at radius 1 is 1.35 bits per heavy atom. The van der Waals surface area contributed by atoms with Gasteiger partial charge in [-0.1, -0.05) is 0 Å². The van der Waals surface area contributed by atoms with E-state index >= 15 is 0 Å². The molecule has 0 aromatic rings. The van der Waals surface area contributed by atoms with Gasteiger partial charge >= 0.3 is 35.7 Å². The molecule has 0 aromatic heterocycles. The molecule has 0 rings (SSSR count). The topological polar surface area (TPSA) is 117 Å². The number of aliphatic hydroxyl groups is 3. The molecule has 0 radical (unpaired) electrons. The fourth-order valence-corrected chi connectivity index (χ4v) is 1.94. The third-order valence-corrected chi connectivity index (χ3v) is 3.03. The maximum atomic E-state index is 11.8. The number of rotatable bonds is 7. The molecule has 8 nitrogen and oxygen atoms in total. The summed E-state index contributed by atoms with van der Waals surface area (Å²) in [5.41, 5.74) is -0.766. The molecule has 0 aliphatic heterocycles. The molecule has 0 heterocycles. The monoisotopic (exact) mass is 323 g/mol. The normalized spacial score (nSPS) is 14.1. The van der Waals surface area contributed by atoms with Crippen LogP contribution in [0.25, 0.3) is 0 Å². The van der Waals surface area contributed by atoms with Crippen molar-refractivity contribution in [2.24, 2.45) is 0 Å². The first-order valence-electron chi connectivity index (χ1n) is 5.78. The Bertz CT molecular complexity index is 310. The number of carbonyl (C=O) groups excluding carboxylic acids is 1. The molecule has 0 spiro atoms. The van der Waals surface area contributed by atoms with Crippen molar-refractivity contribution in [1.29, 1.82) is 0 Å². The molecular formula is C10H23NNaO7P. The van der Waals surface area contributed by atoms with Gasteiger partial charge < -0.3 is 24.6 Å². The molecule has 0 aliphatic rings. The number of hydrogen-bond acceptors (Lipinski definition) is 7. The molecule has 0 saturated heterocycles. The molecule has 3 N–H and O–H groups in total. The zero-order valence-corrected chi connectivity index (χ0v) is 12.3. The van der Waals surface area contributed by atoms with Crippen molar-refractivity contribution in [3.63, 3.8) is 0 Å². The summed E-state index contributed by atoms with van der Waals surface area (Å²) in [5, 5.41) is 26.5. The van der Waals surface area contributed by atoms with Crippen LogP contribution in [0.5, 0.6) is 0 Å². The van der Waals surface area contributed by atoms with E-state index in [1.165, 1.54) is 0 Å². The van der Waals surface area contributed by atoms with Crippen LogP contribution in [0.2, 0.25) is 0 Å². The number of hydrogen-bond donors (Lipinski definition) is 3. The molecule has 0 fully saturated rings. The molecule has 0 saturated carbocycles. The van der Waals surface area contributed by atoms with Gasteiger partial charge in [-0.2, -0.15) is 0 Å². The molecule has 0 aromatic carbocycles. The van der Waals surface area contributed by atoms with Gasteiger partial charge in [-0.15, -0.1) is 0 Å². The number of nitrogens with zero attached hydrogens (tertiary/aromatic N) is 1. The molecular weight excluding hydrogens is 300 g/mol. The quantitative estimate of drug-likeness (QED) is 0.420. The third-order valence-electron chi connectivity index (χ3n) is 1.77. The van der Waals surface area contributed by atoms with Crippen LogP contribution >= 0.6 is 8.18 Å². The number of aliphatic hydroxyl groups excluding tert-OH is 3. The second-order valence-electron chi connectivity index (χ2n) is 4.77. The van der Waals surface area contributed by atoms with E-state index in [1.54, 1.807) is 20.8 Å². The molecule has 116 valence electrons. The zero-order valence-electron chi connectivity index (χ0n) is 11.3. The van der Waals surface area contributed by atoms with E-state index in [0.29, 0.717) is 0 Å². The minimum atomic E-state index is -2.99. The summed E-state index contributed by atoms with van der Waals surface area (Å²) in [7, 11) is -2.99. The Kier molecular flexibility index (Phi) is 12.4. The predicted molar refractivity (Wildman–Crippen MR) is 75.2 cm³/mol. The van der Waals surface area contributed by atoms with Crippen molar-refractivity contribution in [2.45, 2.75) is 32.5 Å². The number of amides is 1. The Labute approximate surface area is 141 Å². The first-order chi connectivity index (χ1) is 8.71. The van der Waals surface area contributed by atoms with Gasteiger partial charge in [-0.05, 0) is 20.8 Å². The summed E-state index contributed by atoms with van der Waals surface area (Å²) >= 11 is 0. The van der Waals surface area contributed by atoms with Crippen LogP contribution in [0, 0.1) is 0 Å². The standard InChI is InChI=1S/C10H22NO7P.Na.H/c1-10(2,3)18-9(15)11(4-5-12)19(16)17-7-8(14)6-13;;/h8,12-14,19H,4-7H2,1-3H3;;/t8-;;/m1../s1. The fraction of sp³-hybridized carbons (Fsp3) is 0.900. The minimum absolute atomic E-state index is 0. The van der Waals surface area contributed by atoms with Crippen LogP contribution in [0.4, 0.5) is 4.79 Å². The first-order valence-corrected chi connectivity index (χ1v) is 7.04. The van der Waals surface area contributed by atoms with Crippen molar-refractivity contribution in [3.8, 4) is 0 Å².